The van der Waals surface area contributed by atoms with Gasteiger partial charge in [0.25, 0.3) is 0 Å². The van der Waals surface area contributed by atoms with Crippen molar-refractivity contribution in [3.8, 4) is 0 Å². The average Bonchev–Trinajstić information content (AvgIpc) is 2.91. The van der Waals surface area contributed by atoms with Crippen LogP contribution in [-0.2, 0) is 13.1 Å². The Morgan fingerprint density at radius 3 is 2.93 bits per heavy atom. The molecule has 27 heavy (non-hydrogen) atoms. The van der Waals surface area contributed by atoms with Gasteiger partial charge in [0.05, 0.1) is 0 Å². The fraction of sp³-hybridized carbons (Fsp3) is 0.500. The number of urea groups is 1. The van der Waals surface area contributed by atoms with Gasteiger partial charge in [-0.3, -0.25) is 4.90 Å². The maximum absolute atomic E-state index is 13.3. The van der Waals surface area contributed by atoms with Gasteiger partial charge in [-0.2, -0.15) is 0 Å². The summed E-state index contributed by atoms with van der Waals surface area (Å²) in [6, 6.07) is 6.74. The Morgan fingerprint density at radius 2 is 2.15 bits per heavy atom. The number of imidazole rings is 1. The highest BCUT2D eigenvalue weighted by Crippen LogP contribution is 2.10. The van der Waals surface area contributed by atoms with Crippen molar-refractivity contribution in [2.45, 2.75) is 32.9 Å². The zero-order valence-electron chi connectivity index (χ0n) is 15.9. The molecule has 0 atom stereocenters. The average molecular weight is 373 g/mol. The lowest BCUT2D eigenvalue weighted by Gasteiger charge is -2.22. The summed E-state index contributed by atoms with van der Waals surface area (Å²) < 4.78 is 15.4. The van der Waals surface area contributed by atoms with Crippen LogP contribution in [0, 0.1) is 12.7 Å². The number of halogens is 1. The Hall–Kier alpha value is -2.41. The molecule has 1 aromatic heterocycles. The summed E-state index contributed by atoms with van der Waals surface area (Å²) in [4.78, 5) is 20.8. The second-order valence-corrected chi connectivity index (χ2v) is 7.00. The predicted molar refractivity (Wildman–Crippen MR) is 103 cm³/mol. The zero-order valence-corrected chi connectivity index (χ0v) is 15.9. The first-order chi connectivity index (χ1) is 13.1. The topological polar surface area (TPSA) is 53.4 Å². The summed E-state index contributed by atoms with van der Waals surface area (Å²) >= 11 is 0. The molecule has 0 unspecified atom stereocenters. The number of carbonyl (C=O) groups excluding carboxylic acids is 1. The molecule has 1 fully saturated rings. The van der Waals surface area contributed by atoms with Gasteiger partial charge in [0.15, 0.2) is 0 Å². The van der Waals surface area contributed by atoms with E-state index in [1.165, 1.54) is 6.07 Å². The first-order valence-corrected chi connectivity index (χ1v) is 9.59. The van der Waals surface area contributed by atoms with E-state index in [4.69, 9.17) is 0 Å². The number of carbonyl (C=O) groups is 1. The largest absolute Gasteiger partial charge is 0.338 e. The predicted octanol–water partition coefficient (Wildman–Crippen LogP) is 2.64. The second kappa shape index (κ2) is 9.50. The molecule has 7 heteroatoms. The van der Waals surface area contributed by atoms with Crippen LogP contribution in [0.25, 0.3) is 0 Å². The van der Waals surface area contributed by atoms with E-state index in [-0.39, 0.29) is 11.8 Å². The summed E-state index contributed by atoms with van der Waals surface area (Å²) in [6.07, 6.45) is 5.55. The third-order valence-corrected chi connectivity index (χ3v) is 4.95. The van der Waals surface area contributed by atoms with Crippen molar-refractivity contribution in [2.75, 3.05) is 32.7 Å². The van der Waals surface area contributed by atoms with Gasteiger partial charge >= 0.3 is 6.03 Å². The fourth-order valence-corrected chi connectivity index (χ4v) is 3.42. The number of rotatable bonds is 6. The summed E-state index contributed by atoms with van der Waals surface area (Å²) in [5.74, 6) is 0.793. The Morgan fingerprint density at radius 1 is 1.26 bits per heavy atom. The van der Waals surface area contributed by atoms with Crippen LogP contribution < -0.4 is 5.32 Å². The Labute approximate surface area is 160 Å². The minimum absolute atomic E-state index is 0.00459. The highest BCUT2D eigenvalue weighted by molar-refractivity contribution is 5.74. The van der Waals surface area contributed by atoms with Crippen LogP contribution in [0.2, 0.25) is 0 Å². The molecule has 2 aromatic rings. The molecule has 146 valence electrons. The van der Waals surface area contributed by atoms with Crippen molar-refractivity contribution in [2.24, 2.45) is 0 Å². The van der Waals surface area contributed by atoms with Gasteiger partial charge < -0.3 is 14.8 Å². The fourth-order valence-electron chi connectivity index (χ4n) is 3.42. The Balaban J connectivity index is 1.39. The standard InChI is InChI=1S/C20H28FN5O/c1-17-22-8-12-25(17)10-3-7-23-20(27)26-11-4-9-24(13-14-26)16-18-5-2-6-19(21)15-18/h2,5-6,8,12,15H,3-4,7,9-11,13-14,16H2,1H3,(H,23,27). The van der Waals surface area contributed by atoms with Gasteiger partial charge in [0.2, 0.25) is 0 Å². The van der Waals surface area contributed by atoms with Crippen LogP contribution in [0.5, 0.6) is 0 Å². The van der Waals surface area contributed by atoms with Crippen molar-refractivity contribution >= 4 is 6.03 Å². The van der Waals surface area contributed by atoms with E-state index in [9.17, 15) is 9.18 Å². The molecule has 2 heterocycles. The van der Waals surface area contributed by atoms with Gasteiger partial charge in [-0.15, -0.1) is 0 Å². The zero-order chi connectivity index (χ0) is 19.1. The number of hydrogen-bond donors (Lipinski definition) is 1. The Kier molecular flexibility index (Phi) is 6.81. The number of nitrogens with one attached hydrogen (secondary N) is 1. The number of hydrogen-bond acceptors (Lipinski definition) is 3. The van der Waals surface area contributed by atoms with E-state index in [0.717, 1.165) is 57.0 Å². The first kappa shape index (κ1) is 19.4. The SMILES string of the molecule is Cc1nccn1CCCNC(=O)N1CCCN(Cc2cccc(F)c2)CC1. The molecule has 1 N–H and O–H groups in total. The van der Waals surface area contributed by atoms with E-state index >= 15 is 0 Å². The molecule has 1 aliphatic rings. The lowest BCUT2D eigenvalue weighted by molar-refractivity contribution is 0.197. The molecule has 3 rings (SSSR count). The molecule has 0 radical (unpaired) electrons. The molecule has 0 aliphatic carbocycles. The molecule has 0 spiro atoms. The molecule has 1 aromatic carbocycles. The number of amides is 2. The number of benzene rings is 1. The third-order valence-electron chi connectivity index (χ3n) is 4.95. The van der Waals surface area contributed by atoms with Gasteiger partial charge in [0.1, 0.15) is 11.6 Å². The van der Waals surface area contributed by atoms with Gasteiger partial charge in [-0.1, -0.05) is 12.1 Å². The normalized spacial score (nSPS) is 15.6. The van der Waals surface area contributed by atoms with Gasteiger partial charge in [-0.25, -0.2) is 14.2 Å². The highest BCUT2D eigenvalue weighted by Gasteiger charge is 2.19. The molecule has 0 bridgehead atoms. The molecular weight excluding hydrogens is 345 g/mol. The Bertz CT molecular complexity index is 747. The monoisotopic (exact) mass is 373 g/mol. The third kappa shape index (κ3) is 5.79. The van der Waals surface area contributed by atoms with Crippen molar-refractivity contribution in [1.29, 1.82) is 0 Å². The smallest absolute Gasteiger partial charge is 0.317 e. The van der Waals surface area contributed by atoms with E-state index in [0.29, 0.717) is 13.1 Å². The van der Waals surface area contributed by atoms with Crippen molar-refractivity contribution in [1.82, 2.24) is 24.7 Å². The summed E-state index contributed by atoms with van der Waals surface area (Å²) in [6.45, 7) is 7.38. The minimum atomic E-state index is -0.200. The van der Waals surface area contributed by atoms with Crippen molar-refractivity contribution in [3.63, 3.8) is 0 Å². The van der Waals surface area contributed by atoms with Crippen LogP contribution in [-0.4, -0.2) is 58.1 Å². The van der Waals surface area contributed by atoms with E-state index in [1.54, 1.807) is 18.3 Å². The summed E-state index contributed by atoms with van der Waals surface area (Å²) in [7, 11) is 0. The molecule has 6 nitrogen and oxygen atoms in total. The molecule has 2 amide bonds. The van der Waals surface area contributed by atoms with Crippen molar-refractivity contribution < 1.29 is 9.18 Å². The van der Waals surface area contributed by atoms with Crippen molar-refractivity contribution in [3.05, 3.63) is 53.9 Å². The van der Waals surface area contributed by atoms with Gasteiger partial charge in [0, 0.05) is 58.2 Å². The number of aryl methyl sites for hydroxylation is 2. The number of nitrogens with zero attached hydrogens (tertiary/aromatic N) is 4. The van der Waals surface area contributed by atoms with E-state index in [1.807, 2.05) is 24.1 Å². The maximum atomic E-state index is 13.3. The summed E-state index contributed by atoms with van der Waals surface area (Å²) in [5.41, 5.74) is 0.975. The number of aromatic nitrogens is 2. The van der Waals surface area contributed by atoms with Crippen LogP contribution in [0.1, 0.15) is 24.2 Å². The van der Waals surface area contributed by atoms with Crippen LogP contribution in [0.4, 0.5) is 9.18 Å². The lowest BCUT2D eigenvalue weighted by atomic mass is 10.2. The summed E-state index contributed by atoms with van der Waals surface area (Å²) in [5, 5.41) is 3.02. The molecular formula is C20H28FN5O. The quantitative estimate of drug-likeness (QED) is 0.792. The molecule has 1 saturated heterocycles. The maximum Gasteiger partial charge on any atom is 0.317 e. The van der Waals surface area contributed by atoms with Crippen LogP contribution in [0.3, 0.4) is 0 Å². The molecule has 1 aliphatic heterocycles. The first-order valence-electron chi connectivity index (χ1n) is 9.59. The van der Waals surface area contributed by atoms with E-state index < -0.39 is 0 Å². The van der Waals surface area contributed by atoms with Gasteiger partial charge in [-0.05, 0) is 37.5 Å². The lowest BCUT2D eigenvalue weighted by Crippen LogP contribution is -2.42. The highest BCUT2D eigenvalue weighted by atomic mass is 19.1. The minimum Gasteiger partial charge on any atom is -0.338 e. The van der Waals surface area contributed by atoms with E-state index in [2.05, 4.69) is 19.8 Å². The van der Waals surface area contributed by atoms with Crippen LogP contribution in [0.15, 0.2) is 36.7 Å². The molecule has 0 saturated carbocycles. The second-order valence-electron chi connectivity index (χ2n) is 7.00. The van der Waals surface area contributed by atoms with Crippen LogP contribution >= 0.6 is 0 Å².